The number of piperidine rings is 1. The van der Waals surface area contributed by atoms with E-state index in [4.69, 9.17) is 0 Å². The van der Waals surface area contributed by atoms with Crippen molar-refractivity contribution < 1.29 is 9.72 Å². The van der Waals surface area contributed by atoms with Crippen LogP contribution in [-0.2, 0) is 0 Å². The average Bonchev–Trinajstić information content (AvgIpc) is 3.06. The second-order valence-electron chi connectivity index (χ2n) is 5.42. The van der Waals surface area contributed by atoms with Crippen LogP contribution in [0.4, 0.5) is 5.69 Å². The summed E-state index contributed by atoms with van der Waals surface area (Å²) >= 11 is 0. The van der Waals surface area contributed by atoms with Gasteiger partial charge in [0.2, 0.25) is 0 Å². The van der Waals surface area contributed by atoms with Crippen molar-refractivity contribution >= 4 is 11.6 Å². The molecule has 2 N–H and O–H groups in total. The highest BCUT2D eigenvalue weighted by Gasteiger charge is 2.18. The van der Waals surface area contributed by atoms with Crippen molar-refractivity contribution in [3.8, 4) is 5.69 Å². The highest BCUT2D eigenvalue weighted by molar-refractivity contribution is 5.92. The lowest BCUT2D eigenvalue weighted by atomic mass is 10.1. The first-order valence-corrected chi connectivity index (χ1v) is 7.45. The third-order valence-corrected chi connectivity index (χ3v) is 3.80. The maximum atomic E-state index is 12.2. The average molecular weight is 315 g/mol. The third-order valence-electron chi connectivity index (χ3n) is 3.80. The molecule has 1 aliphatic rings. The van der Waals surface area contributed by atoms with Gasteiger partial charge < -0.3 is 10.6 Å². The van der Waals surface area contributed by atoms with Gasteiger partial charge in [-0.2, -0.15) is 5.10 Å². The van der Waals surface area contributed by atoms with E-state index in [-0.39, 0.29) is 17.6 Å². The van der Waals surface area contributed by atoms with Gasteiger partial charge in [0.25, 0.3) is 11.6 Å². The molecule has 23 heavy (non-hydrogen) atoms. The van der Waals surface area contributed by atoms with E-state index >= 15 is 0 Å². The number of nitro groups is 1. The fourth-order valence-corrected chi connectivity index (χ4v) is 2.56. The summed E-state index contributed by atoms with van der Waals surface area (Å²) in [7, 11) is 0. The normalized spacial score (nSPS) is 15.3. The molecule has 8 nitrogen and oxygen atoms in total. The lowest BCUT2D eigenvalue weighted by Gasteiger charge is -2.23. The Kier molecular flexibility index (Phi) is 4.33. The van der Waals surface area contributed by atoms with Crippen LogP contribution in [-0.4, -0.2) is 39.7 Å². The largest absolute Gasteiger partial charge is 0.348 e. The zero-order chi connectivity index (χ0) is 16.2. The first kappa shape index (κ1) is 15.2. The number of nitrogens with zero attached hydrogens (tertiary/aromatic N) is 3. The zero-order valence-corrected chi connectivity index (χ0v) is 12.4. The molecule has 1 amide bonds. The Morgan fingerprint density at radius 2 is 2.13 bits per heavy atom. The molecule has 1 aromatic carbocycles. The molecule has 1 aliphatic heterocycles. The van der Waals surface area contributed by atoms with E-state index in [1.165, 1.54) is 16.8 Å². The summed E-state index contributed by atoms with van der Waals surface area (Å²) < 4.78 is 1.46. The molecule has 8 heteroatoms. The molecule has 2 heterocycles. The second-order valence-corrected chi connectivity index (χ2v) is 5.42. The topological polar surface area (TPSA) is 102 Å². The van der Waals surface area contributed by atoms with E-state index in [1.807, 2.05) is 0 Å². The van der Waals surface area contributed by atoms with Crippen LogP contribution < -0.4 is 10.6 Å². The minimum atomic E-state index is -0.461. The van der Waals surface area contributed by atoms with E-state index in [1.54, 1.807) is 24.4 Å². The fourth-order valence-electron chi connectivity index (χ4n) is 2.56. The molecule has 0 bridgehead atoms. The lowest BCUT2D eigenvalue weighted by Crippen LogP contribution is -2.42. The molecule has 1 aromatic heterocycles. The molecule has 0 radical (unpaired) electrons. The predicted molar refractivity (Wildman–Crippen MR) is 83.6 cm³/mol. The van der Waals surface area contributed by atoms with Crippen molar-refractivity contribution in [1.29, 1.82) is 0 Å². The Labute approximate surface area is 132 Å². The maximum absolute atomic E-state index is 12.2. The number of rotatable bonds is 4. The molecule has 1 fully saturated rings. The molecular formula is C15H17N5O3. The number of nitrogens with one attached hydrogen (secondary N) is 2. The fraction of sp³-hybridized carbons (Fsp3) is 0.333. The maximum Gasteiger partial charge on any atom is 0.272 e. The number of carbonyl (C=O) groups excluding carboxylic acids is 1. The van der Waals surface area contributed by atoms with Gasteiger partial charge in [0.15, 0.2) is 5.69 Å². The summed E-state index contributed by atoms with van der Waals surface area (Å²) in [6.07, 6.45) is 3.42. The van der Waals surface area contributed by atoms with E-state index < -0.39 is 4.92 Å². The van der Waals surface area contributed by atoms with Gasteiger partial charge in [-0.25, -0.2) is 4.68 Å². The molecule has 120 valence electrons. The quantitative estimate of drug-likeness (QED) is 0.653. The van der Waals surface area contributed by atoms with E-state index in [0.29, 0.717) is 11.4 Å². The van der Waals surface area contributed by atoms with Gasteiger partial charge >= 0.3 is 0 Å². The molecule has 0 saturated carbocycles. The van der Waals surface area contributed by atoms with Crippen molar-refractivity contribution in [1.82, 2.24) is 20.4 Å². The van der Waals surface area contributed by atoms with E-state index in [2.05, 4.69) is 15.7 Å². The van der Waals surface area contributed by atoms with Crippen LogP contribution >= 0.6 is 0 Å². The number of hydrogen-bond donors (Lipinski definition) is 2. The Balaban J connectivity index is 1.73. The zero-order valence-electron chi connectivity index (χ0n) is 12.4. The van der Waals surface area contributed by atoms with Gasteiger partial charge in [-0.15, -0.1) is 0 Å². The van der Waals surface area contributed by atoms with Crippen LogP contribution in [0.3, 0.4) is 0 Å². The lowest BCUT2D eigenvalue weighted by molar-refractivity contribution is -0.384. The summed E-state index contributed by atoms with van der Waals surface area (Å²) in [6, 6.07) is 7.89. The van der Waals surface area contributed by atoms with Crippen LogP contribution in [0.15, 0.2) is 36.5 Å². The number of carbonyl (C=O) groups is 1. The third kappa shape index (κ3) is 3.54. The molecule has 1 saturated heterocycles. The molecule has 0 atom stereocenters. The van der Waals surface area contributed by atoms with Crippen molar-refractivity contribution in [2.75, 3.05) is 13.1 Å². The minimum Gasteiger partial charge on any atom is -0.348 e. The number of hydrogen-bond acceptors (Lipinski definition) is 5. The first-order valence-electron chi connectivity index (χ1n) is 7.45. The first-order chi connectivity index (χ1) is 11.1. The molecular weight excluding hydrogens is 298 g/mol. The van der Waals surface area contributed by atoms with Gasteiger partial charge in [0.1, 0.15) is 0 Å². The van der Waals surface area contributed by atoms with Gasteiger partial charge in [-0.1, -0.05) is 6.07 Å². The Morgan fingerprint density at radius 3 is 2.87 bits per heavy atom. The minimum absolute atomic E-state index is 0.0151. The van der Waals surface area contributed by atoms with Crippen LogP contribution in [0.2, 0.25) is 0 Å². The van der Waals surface area contributed by atoms with Gasteiger partial charge in [-0.3, -0.25) is 14.9 Å². The monoisotopic (exact) mass is 315 g/mol. The predicted octanol–water partition coefficient (Wildman–Crippen LogP) is 1.26. The smallest absolute Gasteiger partial charge is 0.272 e. The highest BCUT2D eigenvalue weighted by atomic mass is 16.6. The number of aromatic nitrogens is 2. The van der Waals surface area contributed by atoms with E-state index in [0.717, 1.165) is 25.9 Å². The molecule has 0 spiro atoms. The summed E-state index contributed by atoms with van der Waals surface area (Å²) in [5, 5.41) is 21.2. The van der Waals surface area contributed by atoms with Crippen molar-refractivity contribution in [2.24, 2.45) is 0 Å². The van der Waals surface area contributed by atoms with Crippen LogP contribution in [0.25, 0.3) is 5.69 Å². The number of amides is 1. The summed E-state index contributed by atoms with van der Waals surface area (Å²) in [5.74, 6) is -0.221. The number of non-ortho nitro benzene ring substituents is 1. The van der Waals surface area contributed by atoms with Crippen LogP contribution in [0.1, 0.15) is 23.3 Å². The molecule has 0 unspecified atom stereocenters. The van der Waals surface area contributed by atoms with E-state index in [9.17, 15) is 14.9 Å². The molecule has 3 rings (SSSR count). The summed E-state index contributed by atoms with van der Waals surface area (Å²) in [4.78, 5) is 22.6. The van der Waals surface area contributed by atoms with Gasteiger partial charge in [-0.05, 0) is 38.1 Å². The van der Waals surface area contributed by atoms with Gasteiger partial charge in [0.05, 0.1) is 10.6 Å². The Hall–Kier alpha value is -2.74. The Morgan fingerprint density at radius 1 is 1.35 bits per heavy atom. The van der Waals surface area contributed by atoms with Crippen molar-refractivity contribution in [2.45, 2.75) is 18.9 Å². The SMILES string of the molecule is O=C(NC1CCNCC1)c1ccn(-c2cccc([N+](=O)[O-])c2)n1. The summed E-state index contributed by atoms with van der Waals surface area (Å²) in [5.41, 5.74) is 0.828. The Bertz CT molecular complexity index is 721. The van der Waals surface area contributed by atoms with Crippen molar-refractivity contribution in [3.05, 3.63) is 52.3 Å². The van der Waals surface area contributed by atoms with Crippen LogP contribution in [0.5, 0.6) is 0 Å². The number of nitro benzene ring substituents is 1. The van der Waals surface area contributed by atoms with Crippen molar-refractivity contribution in [3.63, 3.8) is 0 Å². The van der Waals surface area contributed by atoms with Gasteiger partial charge in [0, 0.05) is 24.4 Å². The second kappa shape index (κ2) is 6.57. The highest BCUT2D eigenvalue weighted by Crippen LogP contribution is 2.16. The summed E-state index contributed by atoms with van der Waals surface area (Å²) in [6.45, 7) is 1.79. The molecule has 2 aromatic rings. The standard InChI is InChI=1S/C15H17N5O3/c21-15(17-11-4-7-16-8-5-11)14-6-9-19(18-14)12-2-1-3-13(10-12)20(22)23/h1-3,6,9-11,16H,4-5,7-8H2,(H,17,21). The number of benzene rings is 1. The van der Waals surface area contributed by atoms with Crippen LogP contribution in [0, 0.1) is 10.1 Å². The molecule has 0 aliphatic carbocycles.